The van der Waals surface area contributed by atoms with E-state index in [2.05, 4.69) is 5.32 Å². The van der Waals surface area contributed by atoms with E-state index < -0.39 is 18.8 Å². The summed E-state index contributed by atoms with van der Waals surface area (Å²) in [5.74, 6) is 0. The molecule has 0 saturated heterocycles. The van der Waals surface area contributed by atoms with Gasteiger partial charge in [-0.1, -0.05) is 0 Å². The van der Waals surface area contributed by atoms with Crippen LogP contribution in [0.4, 0.5) is 8.78 Å². The van der Waals surface area contributed by atoms with Gasteiger partial charge in [0.15, 0.2) is 6.29 Å². The van der Waals surface area contributed by atoms with Gasteiger partial charge >= 0.3 is 0 Å². The number of halogens is 2. The van der Waals surface area contributed by atoms with Crippen LogP contribution in [0, 0.1) is 0 Å². The summed E-state index contributed by atoms with van der Waals surface area (Å²) in [5.41, 5.74) is 0. The summed E-state index contributed by atoms with van der Waals surface area (Å²) in [4.78, 5) is 0. The van der Waals surface area contributed by atoms with Crippen molar-refractivity contribution in [3.63, 3.8) is 0 Å². The van der Waals surface area contributed by atoms with Crippen molar-refractivity contribution < 1.29 is 23.4 Å². The van der Waals surface area contributed by atoms with Crippen LogP contribution in [0.1, 0.15) is 0 Å². The van der Waals surface area contributed by atoms with Crippen molar-refractivity contribution in [2.45, 2.75) is 18.8 Å². The first-order valence-corrected chi connectivity index (χ1v) is 3.84. The molecule has 0 aliphatic rings. The third-order valence-electron chi connectivity index (χ3n) is 1.48. The summed E-state index contributed by atoms with van der Waals surface area (Å²) in [6.07, 6.45) is -4.85. The summed E-state index contributed by atoms with van der Waals surface area (Å²) < 4.78 is 33.1. The van der Waals surface area contributed by atoms with Crippen molar-refractivity contribution in [3.8, 4) is 0 Å². The number of hydrogen-bond acceptors (Lipinski definition) is 4. The first-order chi connectivity index (χ1) is 6.11. The summed E-state index contributed by atoms with van der Waals surface area (Å²) in [6, 6.07) is 0. The Morgan fingerprint density at radius 1 is 1.23 bits per heavy atom. The second-order valence-electron chi connectivity index (χ2n) is 2.46. The third kappa shape index (κ3) is 5.87. The van der Waals surface area contributed by atoms with Crippen molar-refractivity contribution in [1.82, 2.24) is 5.32 Å². The molecule has 13 heavy (non-hydrogen) atoms. The molecular formula is C7H15F2NO3. The van der Waals surface area contributed by atoms with E-state index in [9.17, 15) is 8.78 Å². The molecule has 0 aromatic heterocycles. The zero-order chi connectivity index (χ0) is 10.3. The molecule has 0 rings (SSSR count). The number of aliphatic hydroxyl groups excluding tert-OH is 1. The van der Waals surface area contributed by atoms with Gasteiger partial charge in [0, 0.05) is 27.3 Å². The molecule has 0 bridgehead atoms. The molecule has 0 spiro atoms. The van der Waals surface area contributed by atoms with E-state index in [4.69, 9.17) is 14.6 Å². The lowest BCUT2D eigenvalue weighted by Crippen LogP contribution is -2.37. The zero-order valence-electron chi connectivity index (χ0n) is 7.67. The van der Waals surface area contributed by atoms with Gasteiger partial charge in [0.05, 0.1) is 0 Å². The van der Waals surface area contributed by atoms with Gasteiger partial charge in [0.25, 0.3) is 6.43 Å². The SMILES string of the molecule is COC(CNCC(O)C(F)F)OC. The maximum absolute atomic E-state index is 11.8. The smallest absolute Gasteiger partial charge is 0.265 e. The van der Waals surface area contributed by atoms with Gasteiger partial charge in [-0.2, -0.15) is 0 Å². The molecule has 4 nitrogen and oxygen atoms in total. The van der Waals surface area contributed by atoms with E-state index in [1.807, 2.05) is 0 Å². The number of methoxy groups -OCH3 is 2. The molecule has 0 amide bonds. The minimum absolute atomic E-state index is 0.180. The molecule has 6 heteroatoms. The van der Waals surface area contributed by atoms with Gasteiger partial charge in [-0.3, -0.25) is 0 Å². The highest BCUT2D eigenvalue weighted by Crippen LogP contribution is 1.98. The Morgan fingerprint density at radius 2 is 1.77 bits per heavy atom. The van der Waals surface area contributed by atoms with Crippen molar-refractivity contribution >= 4 is 0 Å². The highest BCUT2D eigenvalue weighted by molar-refractivity contribution is 4.62. The van der Waals surface area contributed by atoms with Crippen molar-refractivity contribution in [2.24, 2.45) is 0 Å². The van der Waals surface area contributed by atoms with Crippen LogP contribution >= 0.6 is 0 Å². The average molecular weight is 199 g/mol. The summed E-state index contributed by atoms with van der Waals surface area (Å²) in [5, 5.41) is 11.3. The van der Waals surface area contributed by atoms with Crippen LogP contribution in [0.3, 0.4) is 0 Å². The fourth-order valence-electron chi connectivity index (χ4n) is 0.701. The third-order valence-corrected chi connectivity index (χ3v) is 1.48. The lowest BCUT2D eigenvalue weighted by atomic mass is 10.3. The number of aliphatic hydroxyl groups is 1. The summed E-state index contributed by atoms with van der Waals surface area (Å²) >= 11 is 0. The molecule has 0 saturated carbocycles. The number of rotatable bonds is 7. The highest BCUT2D eigenvalue weighted by atomic mass is 19.3. The van der Waals surface area contributed by atoms with Gasteiger partial charge < -0.3 is 19.9 Å². The van der Waals surface area contributed by atoms with E-state index in [-0.39, 0.29) is 13.1 Å². The highest BCUT2D eigenvalue weighted by Gasteiger charge is 2.16. The Hall–Kier alpha value is -0.300. The van der Waals surface area contributed by atoms with E-state index in [0.717, 1.165) is 0 Å². The number of nitrogens with one attached hydrogen (secondary N) is 1. The fourth-order valence-corrected chi connectivity index (χ4v) is 0.701. The van der Waals surface area contributed by atoms with E-state index in [1.165, 1.54) is 14.2 Å². The normalized spacial score (nSPS) is 14.1. The zero-order valence-corrected chi connectivity index (χ0v) is 7.67. The molecule has 80 valence electrons. The van der Waals surface area contributed by atoms with Crippen LogP contribution < -0.4 is 5.32 Å². The van der Waals surface area contributed by atoms with E-state index in [1.54, 1.807) is 0 Å². The second kappa shape index (κ2) is 7.14. The molecule has 1 atom stereocenters. The standard InChI is InChI=1S/C7H15F2NO3/c1-12-6(13-2)4-10-3-5(11)7(8)9/h5-7,10-11H,3-4H2,1-2H3. The van der Waals surface area contributed by atoms with E-state index >= 15 is 0 Å². The Balaban J connectivity index is 3.43. The molecule has 0 heterocycles. The fraction of sp³-hybridized carbons (Fsp3) is 1.00. The molecule has 0 radical (unpaired) electrons. The first kappa shape index (κ1) is 12.7. The minimum atomic E-state index is -2.73. The summed E-state index contributed by atoms with van der Waals surface area (Å²) in [7, 11) is 2.89. The monoisotopic (exact) mass is 199 g/mol. The van der Waals surface area contributed by atoms with Crippen molar-refractivity contribution in [3.05, 3.63) is 0 Å². The van der Waals surface area contributed by atoms with Gasteiger partial charge in [-0.05, 0) is 0 Å². The Bertz CT molecular complexity index is 120. The molecule has 0 aliphatic heterocycles. The molecule has 0 aliphatic carbocycles. The first-order valence-electron chi connectivity index (χ1n) is 3.84. The number of alkyl halides is 2. The Kier molecular flexibility index (Phi) is 6.97. The Labute approximate surface area is 75.8 Å². The summed E-state index contributed by atoms with van der Waals surface area (Å²) in [6.45, 7) is 0.0810. The predicted molar refractivity (Wildman–Crippen MR) is 42.7 cm³/mol. The molecule has 1 unspecified atom stereocenters. The molecule has 0 aromatic rings. The number of ether oxygens (including phenoxy) is 2. The molecular weight excluding hydrogens is 184 g/mol. The molecule has 0 aromatic carbocycles. The van der Waals surface area contributed by atoms with E-state index in [0.29, 0.717) is 0 Å². The van der Waals surface area contributed by atoms with Crippen LogP contribution in [0.25, 0.3) is 0 Å². The van der Waals surface area contributed by atoms with Crippen molar-refractivity contribution in [1.29, 1.82) is 0 Å². The number of hydrogen-bond donors (Lipinski definition) is 2. The molecule has 0 fully saturated rings. The van der Waals surface area contributed by atoms with Gasteiger partial charge in [-0.25, -0.2) is 8.78 Å². The topological polar surface area (TPSA) is 50.7 Å². The van der Waals surface area contributed by atoms with Gasteiger partial charge in [-0.15, -0.1) is 0 Å². The Morgan fingerprint density at radius 3 is 2.15 bits per heavy atom. The van der Waals surface area contributed by atoms with Crippen LogP contribution in [0.5, 0.6) is 0 Å². The van der Waals surface area contributed by atoms with Gasteiger partial charge in [0.1, 0.15) is 6.10 Å². The van der Waals surface area contributed by atoms with Crippen LogP contribution in [0.15, 0.2) is 0 Å². The van der Waals surface area contributed by atoms with Crippen molar-refractivity contribution in [2.75, 3.05) is 27.3 Å². The maximum Gasteiger partial charge on any atom is 0.265 e. The average Bonchev–Trinajstić information content (AvgIpc) is 2.12. The van der Waals surface area contributed by atoms with Gasteiger partial charge in [0.2, 0.25) is 0 Å². The predicted octanol–water partition coefficient (Wildman–Crippen LogP) is -0.179. The molecule has 2 N–H and O–H groups in total. The minimum Gasteiger partial charge on any atom is -0.386 e. The largest absolute Gasteiger partial charge is 0.386 e. The lowest BCUT2D eigenvalue weighted by Gasteiger charge is -2.15. The second-order valence-corrected chi connectivity index (χ2v) is 2.46. The quantitative estimate of drug-likeness (QED) is 0.558. The van der Waals surface area contributed by atoms with Crippen LogP contribution in [-0.4, -0.2) is 51.2 Å². The maximum atomic E-state index is 11.8. The van der Waals surface area contributed by atoms with Crippen LogP contribution in [0.2, 0.25) is 0 Å². The van der Waals surface area contributed by atoms with Crippen LogP contribution in [-0.2, 0) is 9.47 Å². The lowest BCUT2D eigenvalue weighted by molar-refractivity contribution is -0.101.